The lowest BCUT2D eigenvalue weighted by Gasteiger charge is -2.06. The van der Waals surface area contributed by atoms with Crippen LogP contribution in [0.4, 0.5) is 0 Å². The average molecular weight is 426 g/mol. The summed E-state index contributed by atoms with van der Waals surface area (Å²) in [6.45, 7) is 4.05. The Bertz CT molecular complexity index is 1140. The quantitative estimate of drug-likeness (QED) is 0.428. The minimum absolute atomic E-state index is 0.620. The molecule has 8 heteroatoms. The summed E-state index contributed by atoms with van der Waals surface area (Å²) in [5.41, 5.74) is 5.16. The SMILES string of the molecule is COc1ccc(Cl)cc1-c1nc(SCc2ccc(-n3nc(C)cc3C)cc2)n[nH]1. The van der Waals surface area contributed by atoms with Gasteiger partial charge in [0.2, 0.25) is 5.16 Å². The first-order chi connectivity index (χ1) is 14.0. The van der Waals surface area contributed by atoms with E-state index in [2.05, 4.69) is 57.5 Å². The first-order valence-corrected chi connectivity index (χ1v) is 10.4. The summed E-state index contributed by atoms with van der Waals surface area (Å²) in [6, 6.07) is 15.8. The molecule has 29 heavy (non-hydrogen) atoms. The van der Waals surface area contributed by atoms with Gasteiger partial charge in [0, 0.05) is 16.5 Å². The van der Waals surface area contributed by atoms with E-state index < -0.39 is 0 Å². The molecule has 0 fully saturated rings. The molecule has 148 valence electrons. The summed E-state index contributed by atoms with van der Waals surface area (Å²) >= 11 is 7.68. The predicted octanol–water partition coefficient (Wildman–Crippen LogP) is 5.23. The van der Waals surface area contributed by atoms with E-state index in [-0.39, 0.29) is 0 Å². The molecule has 0 unspecified atom stereocenters. The number of benzene rings is 2. The van der Waals surface area contributed by atoms with Gasteiger partial charge in [0.1, 0.15) is 5.75 Å². The van der Waals surface area contributed by atoms with Gasteiger partial charge in [-0.3, -0.25) is 5.10 Å². The second-order valence-corrected chi connectivity index (χ2v) is 7.98. The molecule has 4 rings (SSSR count). The Morgan fingerprint density at radius 2 is 1.90 bits per heavy atom. The fraction of sp³-hybridized carbons (Fsp3) is 0.190. The average Bonchev–Trinajstić information content (AvgIpc) is 3.32. The highest BCUT2D eigenvalue weighted by Crippen LogP contribution is 2.31. The van der Waals surface area contributed by atoms with Crippen molar-refractivity contribution in [3.8, 4) is 22.8 Å². The molecule has 4 aromatic rings. The standard InChI is InChI=1S/C21H20ClN5OS/c1-13-10-14(2)27(26-13)17-7-4-15(5-8-17)12-29-21-23-20(24-25-21)18-11-16(22)6-9-19(18)28-3/h4-11H,12H2,1-3H3,(H,23,24,25). The van der Waals surface area contributed by atoms with Crippen LogP contribution in [0.5, 0.6) is 5.75 Å². The highest BCUT2D eigenvalue weighted by atomic mass is 35.5. The third-order valence-electron chi connectivity index (χ3n) is 4.44. The molecule has 0 aliphatic rings. The highest BCUT2D eigenvalue weighted by Gasteiger charge is 2.12. The third kappa shape index (κ3) is 4.31. The smallest absolute Gasteiger partial charge is 0.209 e. The first-order valence-electron chi connectivity index (χ1n) is 9.05. The van der Waals surface area contributed by atoms with Crippen molar-refractivity contribution in [3.05, 3.63) is 70.5 Å². The maximum absolute atomic E-state index is 6.11. The summed E-state index contributed by atoms with van der Waals surface area (Å²) in [7, 11) is 1.62. The van der Waals surface area contributed by atoms with Gasteiger partial charge in [-0.1, -0.05) is 35.5 Å². The number of aromatic amines is 1. The van der Waals surface area contributed by atoms with Crippen LogP contribution in [0.15, 0.2) is 53.7 Å². The molecule has 0 spiro atoms. The summed E-state index contributed by atoms with van der Waals surface area (Å²) in [4.78, 5) is 4.57. The van der Waals surface area contributed by atoms with Crippen molar-refractivity contribution in [2.45, 2.75) is 24.8 Å². The molecule has 0 aliphatic heterocycles. The predicted molar refractivity (Wildman–Crippen MR) is 116 cm³/mol. The van der Waals surface area contributed by atoms with Crippen LogP contribution in [-0.2, 0) is 5.75 Å². The topological polar surface area (TPSA) is 68.6 Å². The molecule has 0 radical (unpaired) electrons. The van der Waals surface area contributed by atoms with Crippen molar-refractivity contribution in [2.24, 2.45) is 0 Å². The monoisotopic (exact) mass is 425 g/mol. The molecule has 0 bridgehead atoms. The van der Waals surface area contributed by atoms with E-state index in [1.54, 1.807) is 24.9 Å². The van der Waals surface area contributed by atoms with Crippen molar-refractivity contribution in [1.29, 1.82) is 0 Å². The van der Waals surface area contributed by atoms with Crippen molar-refractivity contribution in [3.63, 3.8) is 0 Å². The molecule has 0 atom stereocenters. The van der Waals surface area contributed by atoms with Crippen LogP contribution in [0.3, 0.4) is 0 Å². The van der Waals surface area contributed by atoms with Gasteiger partial charge < -0.3 is 4.74 Å². The molecule has 2 aromatic heterocycles. The minimum atomic E-state index is 0.620. The van der Waals surface area contributed by atoms with E-state index >= 15 is 0 Å². The number of halogens is 1. The molecule has 2 heterocycles. The number of thioether (sulfide) groups is 1. The van der Waals surface area contributed by atoms with Gasteiger partial charge in [-0.2, -0.15) is 5.10 Å². The van der Waals surface area contributed by atoms with Gasteiger partial charge in [0.25, 0.3) is 0 Å². The molecule has 6 nitrogen and oxygen atoms in total. The summed E-state index contributed by atoms with van der Waals surface area (Å²) in [5.74, 6) is 2.09. The molecule has 0 aliphatic carbocycles. The zero-order valence-electron chi connectivity index (χ0n) is 16.3. The van der Waals surface area contributed by atoms with Crippen LogP contribution in [0.25, 0.3) is 17.1 Å². The van der Waals surface area contributed by atoms with Gasteiger partial charge in [0.05, 0.1) is 24.1 Å². The number of nitrogens with one attached hydrogen (secondary N) is 1. The van der Waals surface area contributed by atoms with Gasteiger partial charge in [-0.05, 0) is 55.8 Å². The molecular formula is C21H20ClN5OS. The number of methoxy groups -OCH3 is 1. The molecule has 0 saturated carbocycles. The van der Waals surface area contributed by atoms with E-state index in [4.69, 9.17) is 16.3 Å². The Balaban J connectivity index is 1.45. The number of hydrogen-bond acceptors (Lipinski definition) is 5. The van der Waals surface area contributed by atoms with Gasteiger partial charge >= 0.3 is 0 Å². The Labute approximate surface area is 178 Å². The van der Waals surface area contributed by atoms with Crippen molar-refractivity contribution in [1.82, 2.24) is 25.0 Å². The Morgan fingerprint density at radius 3 is 2.59 bits per heavy atom. The Kier molecular flexibility index (Phi) is 5.60. The maximum atomic E-state index is 6.11. The first kappa shape index (κ1) is 19.5. The summed E-state index contributed by atoms with van der Waals surface area (Å²) in [6.07, 6.45) is 0. The molecular weight excluding hydrogens is 406 g/mol. The van der Waals surface area contributed by atoms with Crippen LogP contribution in [0, 0.1) is 13.8 Å². The van der Waals surface area contributed by atoms with E-state index in [9.17, 15) is 0 Å². The number of nitrogens with zero attached hydrogens (tertiary/aromatic N) is 4. The van der Waals surface area contributed by atoms with Crippen LogP contribution < -0.4 is 4.74 Å². The molecule has 0 amide bonds. The van der Waals surface area contributed by atoms with Crippen LogP contribution in [-0.4, -0.2) is 32.1 Å². The second kappa shape index (κ2) is 8.31. The number of ether oxygens (including phenoxy) is 1. The summed E-state index contributed by atoms with van der Waals surface area (Å²) < 4.78 is 7.34. The second-order valence-electron chi connectivity index (χ2n) is 6.61. The summed E-state index contributed by atoms with van der Waals surface area (Å²) in [5, 5.41) is 13.1. The minimum Gasteiger partial charge on any atom is -0.496 e. The molecule has 0 saturated heterocycles. The fourth-order valence-corrected chi connectivity index (χ4v) is 3.99. The van der Waals surface area contributed by atoms with E-state index in [1.165, 1.54) is 5.56 Å². The van der Waals surface area contributed by atoms with Crippen molar-refractivity contribution >= 4 is 23.4 Å². The molecule has 1 N–H and O–H groups in total. The number of aromatic nitrogens is 5. The number of H-pyrrole nitrogens is 1. The maximum Gasteiger partial charge on any atom is 0.209 e. The lowest BCUT2D eigenvalue weighted by molar-refractivity contribution is 0.416. The zero-order valence-corrected chi connectivity index (χ0v) is 17.9. The number of aryl methyl sites for hydroxylation is 2. The Morgan fingerprint density at radius 1 is 1.10 bits per heavy atom. The largest absolute Gasteiger partial charge is 0.496 e. The zero-order chi connectivity index (χ0) is 20.4. The van der Waals surface area contributed by atoms with Crippen LogP contribution in [0.1, 0.15) is 17.0 Å². The number of rotatable bonds is 6. The third-order valence-corrected chi connectivity index (χ3v) is 5.59. The molecule has 2 aromatic carbocycles. The Hall–Kier alpha value is -2.77. The van der Waals surface area contributed by atoms with Gasteiger partial charge in [0.15, 0.2) is 5.82 Å². The van der Waals surface area contributed by atoms with E-state index in [0.717, 1.165) is 28.4 Å². The van der Waals surface area contributed by atoms with Crippen molar-refractivity contribution in [2.75, 3.05) is 7.11 Å². The van der Waals surface area contributed by atoms with Crippen LogP contribution >= 0.6 is 23.4 Å². The number of hydrogen-bond donors (Lipinski definition) is 1. The normalized spacial score (nSPS) is 11.0. The van der Waals surface area contributed by atoms with Gasteiger partial charge in [-0.25, -0.2) is 9.67 Å². The lowest BCUT2D eigenvalue weighted by Crippen LogP contribution is -1.98. The van der Waals surface area contributed by atoms with E-state index in [1.807, 2.05) is 23.7 Å². The van der Waals surface area contributed by atoms with Crippen molar-refractivity contribution < 1.29 is 4.74 Å². The van der Waals surface area contributed by atoms with Gasteiger partial charge in [-0.15, -0.1) is 5.10 Å². The van der Waals surface area contributed by atoms with Crippen LogP contribution in [0.2, 0.25) is 5.02 Å². The highest BCUT2D eigenvalue weighted by molar-refractivity contribution is 7.98. The van der Waals surface area contributed by atoms with E-state index in [0.29, 0.717) is 21.8 Å². The fourth-order valence-electron chi connectivity index (χ4n) is 3.07. The lowest BCUT2D eigenvalue weighted by atomic mass is 10.2.